The third-order valence-electron chi connectivity index (χ3n) is 3.53. The van der Waals surface area contributed by atoms with Gasteiger partial charge in [0.1, 0.15) is 5.75 Å². The van der Waals surface area contributed by atoms with Gasteiger partial charge in [0.15, 0.2) is 0 Å². The summed E-state index contributed by atoms with van der Waals surface area (Å²) in [5, 5.41) is 0.693. The van der Waals surface area contributed by atoms with Gasteiger partial charge in [0.2, 0.25) is 0 Å². The second-order valence-corrected chi connectivity index (χ2v) is 5.54. The average Bonchev–Trinajstić information content (AvgIpc) is 2.61. The molecular weight excluding hydrogens is 260 g/mol. The van der Waals surface area contributed by atoms with E-state index in [2.05, 4.69) is 16.8 Å². The van der Waals surface area contributed by atoms with E-state index < -0.39 is 0 Å². The second kappa shape index (κ2) is 7.73. The summed E-state index contributed by atoms with van der Waals surface area (Å²) in [6.07, 6.45) is 2.32. The molecule has 1 heterocycles. The maximum atomic E-state index is 6.05. The molecule has 0 N–H and O–H groups in total. The van der Waals surface area contributed by atoms with Crippen LogP contribution in [0.25, 0.3) is 0 Å². The lowest BCUT2D eigenvalue weighted by Crippen LogP contribution is -2.30. The first-order chi connectivity index (χ1) is 9.25. The molecule has 1 fully saturated rings. The molecule has 2 rings (SSSR count). The van der Waals surface area contributed by atoms with Crippen LogP contribution >= 0.6 is 11.6 Å². The van der Waals surface area contributed by atoms with E-state index in [9.17, 15) is 0 Å². The molecule has 0 atom stereocenters. The molecule has 0 aromatic heterocycles. The molecule has 1 aromatic carbocycles. The minimum atomic E-state index is 0.693. The summed E-state index contributed by atoms with van der Waals surface area (Å²) < 4.78 is 5.71. The minimum Gasteiger partial charge on any atom is -0.492 e. The smallest absolute Gasteiger partial charge is 0.137 e. The summed E-state index contributed by atoms with van der Waals surface area (Å²) in [4.78, 5) is 4.93. The van der Waals surface area contributed by atoms with Gasteiger partial charge in [-0.05, 0) is 45.1 Å². The average molecular weight is 283 g/mol. The number of likely N-dealkylation sites (N-methyl/N-ethyl adjacent to an activating group) is 1. The van der Waals surface area contributed by atoms with Crippen molar-refractivity contribution in [1.82, 2.24) is 9.80 Å². The summed E-state index contributed by atoms with van der Waals surface area (Å²) >= 11 is 6.05. The molecule has 0 spiro atoms. The molecule has 0 radical (unpaired) electrons. The molecule has 1 aliphatic rings. The summed E-state index contributed by atoms with van der Waals surface area (Å²) in [6, 6.07) is 7.65. The maximum absolute atomic E-state index is 6.05. The molecule has 0 unspecified atom stereocenters. The monoisotopic (exact) mass is 282 g/mol. The Morgan fingerprint density at radius 3 is 2.84 bits per heavy atom. The number of ether oxygens (including phenoxy) is 1. The Morgan fingerprint density at radius 1 is 1.16 bits per heavy atom. The van der Waals surface area contributed by atoms with Crippen molar-refractivity contribution in [3.05, 3.63) is 29.3 Å². The fourth-order valence-electron chi connectivity index (χ4n) is 2.36. The molecule has 0 bridgehead atoms. The molecule has 1 aromatic rings. The third kappa shape index (κ3) is 5.01. The third-order valence-corrected chi connectivity index (χ3v) is 3.84. The molecule has 0 amide bonds. The van der Waals surface area contributed by atoms with E-state index in [-0.39, 0.29) is 0 Å². The van der Waals surface area contributed by atoms with E-state index in [1.165, 1.54) is 32.6 Å². The van der Waals surface area contributed by atoms with Gasteiger partial charge in [-0.1, -0.05) is 23.7 Å². The van der Waals surface area contributed by atoms with Crippen LogP contribution in [0.4, 0.5) is 0 Å². The van der Waals surface area contributed by atoms with E-state index in [1.807, 2.05) is 24.3 Å². The topological polar surface area (TPSA) is 15.7 Å². The Labute approximate surface area is 121 Å². The van der Waals surface area contributed by atoms with Gasteiger partial charge in [-0.15, -0.1) is 0 Å². The van der Waals surface area contributed by atoms with Crippen LogP contribution in [0.1, 0.15) is 12.8 Å². The quantitative estimate of drug-likeness (QED) is 0.773. The second-order valence-electron chi connectivity index (χ2n) is 5.13. The largest absolute Gasteiger partial charge is 0.492 e. The van der Waals surface area contributed by atoms with Gasteiger partial charge in [0.25, 0.3) is 0 Å². The maximum Gasteiger partial charge on any atom is 0.137 e. The molecular formula is C15H23ClN2O. The number of hydrogen-bond donors (Lipinski definition) is 0. The van der Waals surface area contributed by atoms with E-state index in [1.54, 1.807) is 0 Å². The fraction of sp³-hybridized carbons (Fsp3) is 0.600. The zero-order valence-corrected chi connectivity index (χ0v) is 12.4. The SMILES string of the molecule is CN1CCCN(CCCOc2ccccc2Cl)CC1. The van der Waals surface area contributed by atoms with Gasteiger partial charge in [0, 0.05) is 19.6 Å². The highest BCUT2D eigenvalue weighted by Crippen LogP contribution is 2.23. The lowest BCUT2D eigenvalue weighted by molar-refractivity contribution is 0.237. The van der Waals surface area contributed by atoms with Crippen LogP contribution in [0.3, 0.4) is 0 Å². The Kier molecular flexibility index (Phi) is 5.95. The fourth-order valence-corrected chi connectivity index (χ4v) is 2.55. The summed E-state index contributed by atoms with van der Waals surface area (Å²) in [6.45, 7) is 6.60. The highest BCUT2D eigenvalue weighted by Gasteiger charge is 2.11. The Bertz CT molecular complexity index is 386. The summed E-state index contributed by atoms with van der Waals surface area (Å²) in [5.41, 5.74) is 0. The first-order valence-corrected chi connectivity index (χ1v) is 7.42. The van der Waals surface area contributed by atoms with Gasteiger partial charge < -0.3 is 14.5 Å². The first kappa shape index (κ1) is 14.6. The van der Waals surface area contributed by atoms with Crippen LogP contribution in [0.15, 0.2) is 24.3 Å². The molecule has 1 aliphatic heterocycles. The van der Waals surface area contributed by atoms with Crippen LogP contribution in [0.2, 0.25) is 5.02 Å². The van der Waals surface area contributed by atoms with Crippen LogP contribution in [0.5, 0.6) is 5.75 Å². The van der Waals surface area contributed by atoms with Gasteiger partial charge in [-0.3, -0.25) is 0 Å². The highest BCUT2D eigenvalue weighted by molar-refractivity contribution is 6.32. The van der Waals surface area contributed by atoms with Crippen molar-refractivity contribution in [1.29, 1.82) is 0 Å². The predicted molar refractivity (Wildman–Crippen MR) is 80.1 cm³/mol. The number of hydrogen-bond acceptors (Lipinski definition) is 3. The van der Waals surface area contributed by atoms with E-state index in [4.69, 9.17) is 16.3 Å². The van der Waals surface area contributed by atoms with Gasteiger partial charge in [-0.25, -0.2) is 0 Å². The van der Waals surface area contributed by atoms with Crippen LogP contribution in [0, 0.1) is 0 Å². The lowest BCUT2D eigenvalue weighted by Gasteiger charge is -2.20. The summed E-state index contributed by atoms with van der Waals surface area (Å²) in [5.74, 6) is 0.791. The Balaban J connectivity index is 1.65. The number of rotatable bonds is 5. The van der Waals surface area contributed by atoms with Crippen molar-refractivity contribution < 1.29 is 4.74 Å². The molecule has 106 valence electrons. The summed E-state index contributed by atoms with van der Waals surface area (Å²) in [7, 11) is 2.20. The molecule has 0 aliphatic carbocycles. The lowest BCUT2D eigenvalue weighted by atomic mass is 10.3. The van der Waals surface area contributed by atoms with Crippen molar-refractivity contribution in [3.63, 3.8) is 0 Å². The van der Waals surface area contributed by atoms with Crippen molar-refractivity contribution in [3.8, 4) is 5.75 Å². The molecule has 3 nitrogen and oxygen atoms in total. The molecule has 1 saturated heterocycles. The molecule has 19 heavy (non-hydrogen) atoms. The molecule has 4 heteroatoms. The minimum absolute atomic E-state index is 0.693. The Morgan fingerprint density at radius 2 is 2.00 bits per heavy atom. The zero-order valence-electron chi connectivity index (χ0n) is 11.6. The van der Waals surface area contributed by atoms with Gasteiger partial charge in [0.05, 0.1) is 11.6 Å². The number of halogens is 1. The van der Waals surface area contributed by atoms with Gasteiger partial charge in [-0.2, -0.15) is 0 Å². The van der Waals surface area contributed by atoms with E-state index in [0.717, 1.165) is 25.3 Å². The normalized spacial score (nSPS) is 18.2. The Hall–Kier alpha value is -0.770. The number of para-hydroxylation sites is 1. The van der Waals surface area contributed by atoms with Crippen LogP contribution < -0.4 is 4.74 Å². The zero-order chi connectivity index (χ0) is 13.5. The van der Waals surface area contributed by atoms with Crippen LogP contribution in [-0.2, 0) is 0 Å². The van der Waals surface area contributed by atoms with Crippen molar-refractivity contribution in [2.45, 2.75) is 12.8 Å². The number of nitrogens with zero attached hydrogens (tertiary/aromatic N) is 2. The van der Waals surface area contributed by atoms with Crippen molar-refractivity contribution in [2.24, 2.45) is 0 Å². The van der Waals surface area contributed by atoms with Gasteiger partial charge >= 0.3 is 0 Å². The molecule has 0 saturated carbocycles. The van der Waals surface area contributed by atoms with E-state index in [0.29, 0.717) is 5.02 Å². The highest BCUT2D eigenvalue weighted by atomic mass is 35.5. The van der Waals surface area contributed by atoms with E-state index >= 15 is 0 Å². The predicted octanol–water partition coefficient (Wildman–Crippen LogP) is 2.75. The first-order valence-electron chi connectivity index (χ1n) is 7.04. The van der Waals surface area contributed by atoms with Crippen LogP contribution in [-0.4, -0.2) is 56.2 Å². The van der Waals surface area contributed by atoms with Crippen molar-refractivity contribution >= 4 is 11.6 Å². The number of benzene rings is 1. The standard InChI is InChI=1S/C15H23ClN2O/c1-17-8-4-9-18(12-11-17)10-5-13-19-15-7-3-2-6-14(15)16/h2-3,6-7H,4-5,8-13H2,1H3. The van der Waals surface area contributed by atoms with Crippen molar-refractivity contribution in [2.75, 3.05) is 46.4 Å².